The van der Waals surface area contributed by atoms with Crippen molar-refractivity contribution >= 4 is 24.4 Å². The molecule has 7 heteroatoms. The van der Waals surface area contributed by atoms with Crippen LogP contribution in [-0.4, -0.2) is 58.7 Å². The fraction of sp³-hybridized carbons (Fsp3) is 0.375. The smallest absolute Gasteiger partial charge is 0.243 e. The Morgan fingerprint density at radius 3 is 2.28 bits per heavy atom. The molecule has 2 amide bonds. The summed E-state index contributed by atoms with van der Waals surface area (Å²) >= 11 is 4.85. The molecular formula is C32H36N4O2S. The minimum Gasteiger partial charge on any atom is -0.298 e. The zero-order chi connectivity index (χ0) is 26.8. The van der Waals surface area contributed by atoms with Crippen LogP contribution in [0, 0.1) is 0 Å². The molecule has 1 N–H and O–H groups in total. The van der Waals surface area contributed by atoms with Gasteiger partial charge in [0.25, 0.3) is 0 Å². The van der Waals surface area contributed by atoms with Crippen molar-refractivity contribution in [2.45, 2.75) is 49.8 Å². The van der Waals surface area contributed by atoms with E-state index < -0.39 is 0 Å². The Bertz CT molecular complexity index is 1280. The first kappa shape index (κ1) is 26.3. The van der Waals surface area contributed by atoms with Gasteiger partial charge in [-0.05, 0) is 47.2 Å². The largest absolute Gasteiger partial charge is 0.298 e. The molecule has 6 rings (SSSR count). The zero-order valence-electron chi connectivity index (χ0n) is 22.2. The molecule has 2 saturated heterocycles. The number of hydrogen-bond acceptors (Lipinski definition) is 6. The van der Waals surface area contributed by atoms with E-state index >= 15 is 0 Å². The van der Waals surface area contributed by atoms with Crippen molar-refractivity contribution < 1.29 is 9.59 Å². The van der Waals surface area contributed by atoms with Crippen molar-refractivity contribution in [2.24, 2.45) is 0 Å². The number of nitrogens with one attached hydrogen (secondary N) is 1. The van der Waals surface area contributed by atoms with E-state index in [0.717, 1.165) is 39.1 Å². The third-order valence-electron chi connectivity index (χ3n) is 8.39. The number of nitrogens with zero attached hydrogens (tertiary/aromatic N) is 3. The fourth-order valence-corrected chi connectivity index (χ4v) is 6.93. The Balaban J connectivity index is 1.13. The number of thiol groups is 1. The third kappa shape index (κ3) is 5.68. The highest BCUT2D eigenvalue weighted by atomic mass is 32.1. The van der Waals surface area contributed by atoms with Crippen LogP contribution in [0.4, 0.5) is 0 Å². The Labute approximate surface area is 236 Å². The summed E-state index contributed by atoms with van der Waals surface area (Å²) < 4.78 is 0. The molecule has 2 unspecified atom stereocenters. The number of imide groups is 1. The second-order valence-corrected chi connectivity index (χ2v) is 11.4. The molecular weight excluding hydrogens is 504 g/mol. The second-order valence-electron chi connectivity index (χ2n) is 10.9. The average Bonchev–Trinajstić information content (AvgIpc) is 3.10. The topological polar surface area (TPSA) is 55.9 Å². The second kappa shape index (κ2) is 11.6. The van der Waals surface area contributed by atoms with Gasteiger partial charge in [-0.3, -0.25) is 29.6 Å². The lowest BCUT2D eigenvalue weighted by Crippen LogP contribution is -2.51. The fourth-order valence-electron chi connectivity index (χ4n) is 6.44. The lowest BCUT2D eigenvalue weighted by molar-refractivity contribution is -0.137. The van der Waals surface area contributed by atoms with Gasteiger partial charge in [-0.15, -0.1) is 0 Å². The van der Waals surface area contributed by atoms with E-state index in [2.05, 4.69) is 98.9 Å². The van der Waals surface area contributed by atoms with Gasteiger partial charge in [0, 0.05) is 39.1 Å². The van der Waals surface area contributed by atoms with Crippen LogP contribution in [0.25, 0.3) is 0 Å². The number of hydrogen-bond donors (Lipinski definition) is 2. The van der Waals surface area contributed by atoms with Crippen LogP contribution in [0.1, 0.15) is 58.5 Å². The molecule has 2 atom stereocenters. The predicted octanol–water partition coefficient (Wildman–Crippen LogP) is 4.53. The molecule has 0 radical (unpaired) electrons. The first-order chi connectivity index (χ1) is 19.1. The molecule has 3 heterocycles. The maximum Gasteiger partial charge on any atom is 0.243 e. The number of rotatable bonds is 6. The van der Waals surface area contributed by atoms with Crippen LogP contribution in [0.2, 0.25) is 0 Å². The van der Waals surface area contributed by atoms with E-state index in [1.807, 2.05) is 0 Å². The van der Waals surface area contributed by atoms with Crippen molar-refractivity contribution in [3.63, 3.8) is 0 Å². The van der Waals surface area contributed by atoms with Crippen LogP contribution >= 0.6 is 12.6 Å². The first-order valence-electron chi connectivity index (χ1n) is 14.0. The van der Waals surface area contributed by atoms with Gasteiger partial charge < -0.3 is 0 Å². The van der Waals surface area contributed by atoms with Crippen molar-refractivity contribution in [1.29, 1.82) is 0 Å². The van der Waals surface area contributed by atoms with Gasteiger partial charge in [0.1, 0.15) is 0 Å². The van der Waals surface area contributed by atoms with Crippen LogP contribution in [0.15, 0.2) is 78.9 Å². The van der Waals surface area contributed by atoms with Gasteiger partial charge in [0.05, 0.1) is 17.5 Å². The SMILES string of the molecule is O=C1CCC(N2Cc3cc(CN4CCCN(C(c5ccccc5)c5ccccc5)CC4)ccc3C2S)C(=O)N1. The van der Waals surface area contributed by atoms with Gasteiger partial charge >= 0.3 is 0 Å². The summed E-state index contributed by atoms with van der Waals surface area (Å²) in [6.07, 6.45) is 2.07. The molecule has 0 aliphatic carbocycles. The Morgan fingerprint density at radius 1 is 0.872 bits per heavy atom. The Kier molecular flexibility index (Phi) is 7.84. The first-order valence-corrected chi connectivity index (χ1v) is 14.5. The molecule has 3 aromatic rings. The van der Waals surface area contributed by atoms with E-state index in [-0.39, 0.29) is 29.3 Å². The molecule has 0 spiro atoms. The van der Waals surface area contributed by atoms with Crippen molar-refractivity contribution in [1.82, 2.24) is 20.0 Å². The average molecular weight is 541 g/mol. The number of carbonyl (C=O) groups excluding carboxylic acids is 2. The summed E-state index contributed by atoms with van der Waals surface area (Å²) in [5, 5.41) is 2.37. The van der Waals surface area contributed by atoms with Gasteiger partial charge in [0.15, 0.2) is 0 Å². The molecule has 39 heavy (non-hydrogen) atoms. The number of piperidine rings is 1. The van der Waals surface area contributed by atoms with Gasteiger partial charge in [-0.1, -0.05) is 78.9 Å². The zero-order valence-corrected chi connectivity index (χ0v) is 23.1. The molecule has 6 nitrogen and oxygen atoms in total. The molecule has 0 aromatic heterocycles. The lowest BCUT2D eigenvalue weighted by atomic mass is 9.97. The monoisotopic (exact) mass is 540 g/mol. The van der Waals surface area contributed by atoms with E-state index in [0.29, 0.717) is 19.4 Å². The van der Waals surface area contributed by atoms with Gasteiger partial charge in [-0.25, -0.2) is 0 Å². The predicted molar refractivity (Wildman–Crippen MR) is 156 cm³/mol. The van der Waals surface area contributed by atoms with Crippen LogP contribution in [-0.2, 0) is 22.7 Å². The highest BCUT2D eigenvalue weighted by Crippen LogP contribution is 2.39. The van der Waals surface area contributed by atoms with E-state index in [1.54, 1.807) is 0 Å². The molecule has 202 valence electrons. The van der Waals surface area contributed by atoms with E-state index in [1.165, 1.54) is 27.8 Å². The maximum atomic E-state index is 12.5. The molecule has 3 aromatic carbocycles. The van der Waals surface area contributed by atoms with Crippen molar-refractivity contribution in [3.8, 4) is 0 Å². The van der Waals surface area contributed by atoms with Gasteiger partial charge in [0.2, 0.25) is 11.8 Å². The van der Waals surface area contributed by atoms with Crippen LogP contribution < -0.4 is 5.32 Å². The summed E-state index contributed by atoms with van der Waals surface area (Å²) in [6.45, 7) is 5.77. The maximum absolute atomic E-state index is 12.5. The number of fused-ring (bicyclic) bond motifs is 1. The van der Waals surface area contributed by atoms with Crippen molar-refractivity contribution in [3.05, 3.63) is 107 Å². The standard InChI is InChI=1S/C32H36N4O2S/c37-29-15-14-28(31(38)33-29)36-22-26-20-23(12-13-27(26)32(36)39)21-34-16-7-17-35(19-18-34)30(24-8-3-1-4-9-24)25-10-5-2-6-11-25/h1-6,8-13,20,28,30,32,39H,7,14-19,21-22H2,(H,33,37,38). The summed E-state index contributed by atoms with van der Waals surface area (Å²) in [5.41, 5.74) is 6.40. The Morgan fingerprint density at radius 2 is 1.59 bits per heavy atom. The summed E-state index contributed by atoms with van der Waals surface area (Å²) in [7, 11) is 0. The van der Waals surface area contributed by atoms with Gasteiger partial charge in [-0.2, -0.15) is 12.6 Å². The van der Waals surface area contributed by atoms with E-state index in [9.17, 15) is 9.59 Å². The normalized spacial score (nSPS) is 23.0. The highest BCUT2D eigenvalue weighted by Gasteiger charge is 2.39. The molecule has 3 aliphatic heterocycles. The molecule has 3 aliphatic rings. The quantitative estimate of drug-likeness (QED) is 0.355. The van der Waals surface area contributed by atoms with Crippen LogP contribution in [0.5, 0.6) is 0 Å². The summed E-state index contributed by atoms with van der Waals surface area (Å²) in [6, 6.07) is 28.4. The van der Waals surface area contributed by atoms with Crippen LogP contribution in [0.3, 0.4) is 0 Å². The minimum atomic E-state index is -0.306. The number of carbonyl (C=O) groups is 2. The molecule has 0 bridgehead atoms. The number of benzene rings is 3. The Hall–Kier alpha value is -2.97. The van der Waals surface area contributed by atoms with Crippen molar-refractivity contribution in [2.75, 3.05) is 26.2 Å². The number of amides is 2. The van der Waals surface area contributed by atoms with E-state index in [4.69, 9.17) is 12.6 Å². The lowest BCUT2D eigenvalue weighted by Gasteiger charge is -2.32. The molecule has 2 fully saturated rings. The minimum absolute atomic E-state index is 0.127. The highest BCUT2D eigenvalue weighted by molar-refractivity contribution is 7.80. The molecule has 0 saturated carbocycles. The summed E-state index contributed by atoms with van der Waals surface area (Å²) in [5.74, 6) is -0.377. The summed E-state index contributed by atoms with van der Waals surface area (Å²) in [4.78, 5) is 31.4. The third-order valence-corrected chi connectivity index (χ3v) is 8.96.